The molecule has 2 bridgehead atoms. The van der Waals surface area contributed by atoms with E-state index in [1.165, 1.54) is 5.56 Å². The molecule has 1 spiro atoms. The first-order valence-electron chi connectivity index (χ1n) is 9.35. The van der Waals surface area contributed by atoms with Crippen LogP contribution in [0.25, 0.3) is 0 Å². The zero-order valence-corrected chi connectivity index (χ0v) is 16.3. The van der Waals surface area contributed by atoms with Crippen molar-refractivity contribution in [2.45, 2.75) is 42.2 Å². The van der Waals surface area contributed by atoms with Gasteiger partial charge in [0, 0.05) is 29.5 Å². The van der Waals surface area contributed by atoms with Crippen LogP contribution in [0.1, 0.15) is 24.5 Å². The minimum Gasteiger partial charge on any atom is -0.508 e. The van der Waals surface area contributed by atoms with Crippen molar-refractivity contribution in [2.75, 3.05) is 13.6 Å². The summed E-state index contributed by atoms with van der Waals surface area (Å²) in [6.07, 6.45) is 1.88. The van der Waals surface area contributed by atoms with Crippen LogP contribution in [0.5, 0.6) is 5.75 Å². The summed E-state index contributed by atoms with van der Waals surface area (Å²) in [5.74, 6) is 0.239. The number of fused-ring (bicyclic) bond motifs is 3. The van der Waals surface area contributed by atoms with Crippen LogP contribution in [0.4, 0.5) is 0 Å². The third kappa shape index (κ3) is 2.27. The highest BCUT2D eigenvalue weighted by atomic mass is 32.2. The Hall–Kier alpha value is -1.89. The minimum absolute atomic E-state index is 0.108. The number of likely N-dealkylation sites (tertiary alicyclic amines) is 1. The van der Waals surface area contributed by atoms with Gasteiger partial charge in [0.1, 0.15) is 5.75 Å². The Morgan fingerprint density at radius 3 is 2.63 bits per heavy atom. The van der Waals surface area contributed by atoms with E-state index in [0.29, 0.717) is 4.90 Å². The van der Waals surface area contributed by atoms with Gasteiger partial charge in [-0.3, -0.25) is 0 Å². The lowest BCUT2D eigenvalue weighted by Crippen LogP contribution is -2.66. The molecule has 3 aliphatic rings. The molecular formula is C21H24N2O3S. The van der Waals surface area contributed by atoms with Gasteiger partial charge in [0.05, 0.1) is 4.90 Å². The smallest absolute Gasteiger partial charge is 0.240 e. The Kier molecular flexibility index (Phi) is 3.41. The van der Waals surface area contributed by atoms with Crippen molar-refractivity contribution >= 4 is 10.0 Å². The highest BCUT2D eigenvalue weighted by Gasteiger charge is 2.69. The van der Waals surface area contributed by atoms with Gasteiger partial charge in [-0.05, 0) is 55.3 Å². The molecule has 0 aromatic heterocycles. The van der Waals surface area contributed by atoms with E-state index in [1.54, 1.807) is 30.3 Å². The SMILES string of the molecule is CN1CC23Cc4ccc(O)cc4C(C)(C2)C(NS(=O)(=O)c2ccccc2)C13. The van der Waals surface area contributed by atoms with Crippen LogP contribution in [-0.4, -0.2) is 44.1 Å². The summed E-state index contributed by atoms with van der Waals surface area (Å²) in [5, 5.41) is 10.1. The number of benzene rings is 2. The van der Waals surface area contributed by atoms with E-state index in [-0.39, 0.29) is 28.7 Å². The predicted octanol–water partition coefficient (Wildman–Crippen LogP) is 2.26. The first-order chi connectivity index (χ1) is 12.8. The lowest BCUT2D eigenvalue weighted by Gasteiger charge is -2.54. The third-order valence-electron chi connectivity index (χ3n) is 6.97. The molecule has 6 heteroatoms. The fraction of sp³-hybridized carbons (Fsp3) is 0.429. The Morgan fingerprint density at radius 2 is 1.93 bits per heavy atom. The van der Waals surface area contributed by atoms with Crippen molar-refractivity contribution in [3.05, 3.63) is 59.7 Å². The maximum Gasteiger partial charge on any atom is 0.240 e. The van der Waals surface area contributed by atoms with Crippen LogP contribution >= 0.6 is 0 Å². The molecular weight excluding hydrogens is 360 g/mol. The zero-order chi connectivity index (χ0) is 19.0. The van der Waals surface area contributed by atoms with Crippen molar-refractivity contribution in [3.63, 3.8) is 0 Å². The van der Waals surface area contributed by atoms with E-state index in [0.717, 1.165) is 24.9 Å². The lowest BCUT2D eigenvalue weighted by molar-refractivity contribution is -0.0395. The molecule has 0 amide bonds. The molecule has 5 nitrogen and oxygen atoms in total. The van der Waals surface area contributed by atoms with Crippen molar-refractivity contribution < 1.29 is 13.5 Å². The molecule has 1 saturated carbocycles. The van der Waals surface area contributed by atoms with Gasteiger partial charge in [0.25, 0.3) is 0 Å². The van der Waals surface area contributed by atoms with Crippen LogP contribution in [0.2, 0.25) is 0 Å². The maximum atomic E-state index is 13.1. The largest absolute Gasteiger partial charge is 0.508 e. The number of aromatic hydroxyl groups is 1. The Bertz CT molecular complexity index is 1020. The molecule has 2 aromatic carbocycles. The summed E-state index contributed by atoms with van der Waals surface area (Å²) in [6, 6.07) is 14.1. The van der Waals surface area contributed by atoms with Crippen molar-refractivity contribution in [3.8, 4) is 5.75 Å². The predicted molar refractivity (Wildman–Crippen MR) is 103 cm³/mol. The first kappa shape index (κ1) is 17.2. The monoisotopic (exact) mass is 384 g/mol. The van der Waals surface area contributed by atoms with E-state index in [4.69, 9.17) is 0 Å². The van der Waals surface area contributed by atoms with Crippen LogP contribution < -0.4 is 4.72 Å². The molecule has 2 N–H and O–H groups in total. The van der Waals surface area contributed by atoms with Gasteiger partial charge in [-0.25, -0.2) is 13.1 Å². The molecule has 1 heterocycles. The molecule has 5 rings (SSSR count). The number of rotatable bonds is 3. The van der Waals surface area contributed by atoms with Gasteiger partial charge in [-0.2, -0.15) is 0 Å². The highest BCUT2D eigenvalue weighted by molar-refractivity contribution is 7.89. The summed E-state index contributed by atoms with van der Waals surface area (Å²) in [5.41, 5.74) is 2.08. The number of hydrogen-bond acceptors (Lipinski definition) is 4. The molecule has 1 aliphatic heterocycles. The van der Waals surface area contributed by atoms with Gasteiger partial charge >= 0.3 is 0 Å². The number of sulfonamides is 1. The molecule has 2 aliphatic carbocycles. The van der Waals surface area contributed by atoms with E-state index in [9.17, 15) is 13.5 Å². The second-order valence-corrected chi connectivity index (χ2v) is 10.5. The lowest BCUT2D eigenvalue weighted by atomic mass is 9.63. The third-order valence-corrected chi connectivity index (χ3v) is 8.43. The average molecular weight is 385 g/mol. The van der Waals surface area contributed by atoms with Crippen molar-refractivity contribution in [2.24, 2.45) is 5.41 Å². The molecule has 27 heavy (non-hydrogen) atoms. The van der Waals surface area contributed by atoms with Gasteiger partial charge in [0.2, 0.25) is 10.0 Å². The Labute approximate surface area is 160 Å². The van der Waals surface area contributed by atoms with Gasteiger partial charge in [-0.1, -0.05) is 31.2 Å². The van der Waals surface area contributed by atoms with Gasteiger partial charge in [0.15, 0.2) is 0 Å². The van der Waals surface area contributed by atoms with E-state index < -0.39 is 10.0 Å². The highest BCUT2D eigenvalue weighted by Crippen LogP contribution is 2.63. The summed E-state index contributed by atoms with van der Waals surface area (Å²) < 4.78 is 29.2. The van der Waals surface area contributed by atoms with Crippen LogP contribution in [0.15, 0.2) is 53.4 Å². The normalized spacial score (nSPS) is 34.6. The summed E-state index contributed by atoms with van der Waals surface area (Å²) in [4.78, 5) is 2.57. The Morgan fingerprint density at radius 1 is 1.19 bits per heavy atom. The number of phenolic OH excluding ortho intramolecular Hbond substituents is 1. The number of likely N-dealkylation sites (N-methyl/N-ethyl adjacent to an activating group) is 1. The Balaban J connectivity index is 1.62. The molecule has 1 saturated heterocycles. The molecule has 2 aromatic rings. The van der Waals surface area contributed by atoms with E-state index in [1.807, 2.05) is 18.2 Å². The van der Waals surface area contributed by atoms with E-state index >= 15 is 0 Å². The number of nitrogens with zero attached hydrogens (tertiary/aromatic N) is 1. The quantitative estimate of drug-likeness (QED) is 0.852. The standard InChI is InChI=1S/C21H24N2O3S/c1-20-12-21(11-14-8-9-15(24)10-17(14)20)13-23(2)19(21)18(20)22-27(25,26)16-6-4-3-5-7-16/h3-10,18-19,22,24H,11-13H2,1-2H3. The maximum absolute atomic E-state index is 13.1. The molecule has 142 valence electrons. The second-order valence-electron chi connectivity index (χ2n) is 8.75. The summed E-state index contributed by atoms with van der Waals surface area (Å²) >= 11 is 0. The molecule has 4 unspecified atom stereocenters. The summed E-state index contributed by atoms with van der Waals surface area (Å²) in [7, 11) is -1.55. The first-order valence-corrected chi connectivity index (χ1v) is 10.8. The van der Waals surface area contributed by atoms with Gasteiger partial charge < -0.3 is 10.0 Å². The molecule has 4 atom stereocenters. The average Bonchev–Trinajstić information content (AvgIpc) is 2.77. The van der Waals surface area contributed by atoms with Crippen LogP contribution in [0.3, 0.4) is 0 Å². The fourth-order valence-corrected chi connectivity index (χ4v) is 7.52. The van der Waals surface area contributed by atoms with Gasteiger partial charge in [-0.15, -0.1) is 0 Å². The number of hydrogen-bond donors (Lipinski definition) is 2. The fourth-order valence-electron chi connectivity index (χ4n) is 6.15. The van der Waals surface area contributed by atoms with Crippen molar-refractivity contribution in [1.82, 2.24) is 9.62 Å². The van der Waals surface area contributed by atoms with Crippen LogP contribution in [-0.2, 0) is 21.9 Å². The second kappa shape index (κ2) is 5.34. The minimum atomic E-state index is -3.62. The number of nitrogens with one attached hydrogen (secondary N) is 1. The van der Waals surface area contributed by atoms with Crippen LogP contribution in [0, 0.1) is 5.41 Å². The summed E-state index contributed by atoms with van der Waals surface area (Å²) in [6.45, 7) is 3.13. The van der Waals surface area contributed by atoms with Crippen molar-refractivity contribution in [1.29, 1.82) is 0 Å². The van der Waals surface area contributed by atoms with E-state index in [2.05, 4.69) is 23.6 Å². The molecule has 2 fully saturated rings. The number of phenols is 1. The molecule has 0 radical (unpaired) electrons. The zero-order valence-electron chi connectivity index (χ0n) is 15.5. The topological polar surface area (TPSA) is 69.6 Å².